The van der Waals surface area contributed by atoms with Crippen molar-refractivity contribution in [1.29, 1.82) is 0 Å². The van der Waals surface area contributed by atoms with Gasteiger partial charge in [0, 0.05) is 33.4 Å². The first kappa shape index (κ1) is 35.5. The van der Waals surface area contributed by atoms with Crippen LogP contribution in [0.15, 0.2) is 243 Å². The highest BCUT2D eigenvalue weighted by Crippen LogP contribution is 2.58. The average Bonchev–Trinajstić information content (AvgIpc) is 3.65. The lowest BCUT2D eigenvalue weighted by atomic mass is 9.67. The molecule has 2 aliphatic rings. The molecule has 2 heteroatoms. The maximum absolute atomic E-state index is 2.47. The van der Waals surface area contributed by atoms with E-state index in [0.29, 0.717) is 0 Å². The molecule has 1 aliphatic heterocycles. The summed E-state index contributed by atoms with van der Waals surface area (Å²) >= 11 is 0. The first-order valence-corrected chi connectivity index (χ1v) is 21.8. The van der Waals surface area contributed by atoms with Crippen LogP contribution < -0.4 is 9.80 Å². The first-order valence-electron chi connectivity index (χ1n) is 21.8. The summed E-state index contributed by atoms with van der Waals surface area (Å²) in [5.41, 5.74) is 16.5. The van der Waals surface area contributed by atoms with E-state index in [0.717, 1.165) is 22.7 Å². The molecular formula is C61H40N2. The molecule has 0 atom stereocenters. The third kappa shape index (κ3) is 5.25. The van der Waals surface area contributed by atoms with Crippen molar-refractivity contribution in [2.75, 3.05) is 9.80 Å². The fraction of sp³-hybridized carbons (Fsp3) is 0.0164. The Balaban J connectivity index is 1.03. The summed E-state index contributed by atoms with van der Waals surface area (Å²) in [7, 11) is 0. The number of hydrogen-bond donors (Lipinski definition) is 0. The van der Waals surface area contributed by atoms with Crippen LogP contribution in [0.25, 0.3) is 54.6 Å². The van der Waals surface area contributed by atoms with Gasteiger partial charge in [-0.15, -0.1) is 0 Å². The molecule has 2 nitrogen and oxygen atoms in total. The molecule has 0 N–H and O–H groups in total. The van der Waals surface area contributed by atoms with E-state index in [2.05, 4.69) is 252 Å². The van der Waals surface area contributed by atoms with E-state index >= 15 is 0 Å². The largest absolute Gasteiger partial charge is 0.310 e. The Morgan fingerprint density at radius 2 is 0.905 bits per heavy atom. The van der Waals surface area contributed by atoms with Gasteiger partial charge in [0.1, 0.15) is 0 Å². The number of anilines is 6. The number of fused-ring (bicyclic) bond motifs is 7. The molecule has 13 rings (SSSR count). The number of rotatable bonds is 6. The second-order valence-electron chi connectivity index (χ2n) is 16.8. The third-order valence-electron chi connectivity index (χ3n) is 13.6. The summed E-state index contributed by atoms with van der Waals surface area (Å²) < 4.78 is 0. The fourth-order valence-corrected chi connectivity index (χ4v) is 10.9. The molecule has 0 bridgehead atoms. The highest BCUT2D eigenvalue weighted by Gasteiger charge is 2.46. The van der Waals surface area contributed by atoms with Crippen molar-refractivity contribution in [3.63, 3.8) is 0 Å². The van der Waals surface area contributed by atoms with Gasteiger partial charge in [-0.1, -0.05) is 182 Å². The predicted molar refractivity (Wildman–Crippen MR) is 265 cm³/mol. The number of benzene rings is 11. The molecule has 294 valence electrons. The standard InChI is InChI=1S/C61H40N2/c1-3-22-45(23-4-1)61(46-24-5-2-6-25-46)55-29-12-11-27-51(55)52-37-36-49(40-56(52)61)62(57-30-14-19-41-16-9-10-26-50(41)57)47-32-34-48(35-33-47)63-58-31-15-21-42-20-13-28-53(60(42)58)54-38-43-17-7-8-18-44(43)39-59(54)63/h1-40H. The quantitative estimate of drug-likeness (QED) is 0.165. The molecule has 0 unspecified atom stereocenters. The second kappa shape index (κ2) is 13.9. The van der Waals surface area contributed by atoms with Gasteiger partial charge in [-0.25, -0.2) is 0 Å². The van der Waals surface area contributed by atoms with Crippen LogP contribution in [0.3, 0.4) is 0 Å². The molecule has 0 aromatic heterocycles. The van der Waals surface area contributed by atoms with Crippen molar-refractivity contribution in [1.82, 2.24) is 0 Å². The Kier molecular flexibility index (Phi) is 7.85. The lowest BCUT2D eigenvalue weighted by Gasteiger charge is -2.35. The van der Waals surface area contributed by atoms with E-state index in [1.165, 1.54) is 88.2 Å². The molecule has 63 heavy (non-hydrogen) atoms. The van der Waals surface area contributed by atoms with Gasteiger partial charge in [-0.2, -0.15) is 0 Å². The summed E-state index contributed by atoms with van der Waals surface area (Å²) in [5, 5.41) is 7.40. The van der Waals surface area contributed by atoms with E-state index in [1.807, 2.05) is 0 Å². The molecule has 0 saturated heterocycles. The minimum atomic E-state index is -0.512. The average molecular weight is 801 g/mol. The minimum Gasteiger partial charge on any atom is -0.310 e. The van der Waals surface area contributed by atoms with E-state index in [-0.39, 0.29) is 0 Å². The lowest BCUT2D eigenvalue weighted by molar-refractivity contribution is 0.768. The van der Waals surface area contributed by atoms with E-state index in [9.17, 15) is 0 Å². The normalized spacial score (nSPS) is 13.2. The fourth-order valence-electron chi connectivity index (χ4n) is 10.9. The van der Waals surface area contributed by atoms with Gasteiger partial charge in [0.2, 0.25) is 0 Å². The summed E-state index contributed by atoms with van der Waals surface area (Å²) in [6.07, 6.45) is 0. The van der Waals surface area contributed by atoms with Crippen LogP contribution in [-0.4, -0.2) is 0 Å². The van der Waals surface area contributed by atoms with Gasteiger partial charge in [0.15, 0.2) is 0 Å². The smallest absolute Gasteiger partial charge is 0.0714 e. The number of nitrogens with zero attached hydrogens (tertiary/aromatic N) is 2. The highest BCUT2D eigenvalue weighted by molar-refractivity contribution is 6.15. The molecule has 1 aliphatic carbocycles. The molecule has 1 heterocycles. The molecule has 0 fully saturated rings. The topological polar surface area (TPSA) is 6.48 Å². The van der Waals surface area contributed by atoms with Gasteiger partial charge in [-0.3, -0.25) is 0 Å². The first-order chi connectivity index (χ1) is 31.3. The van der Waals surface area contributed by atoms with Crippen LogP contribution >= 0.6 is 0 Å². The minimum absolute atomic E-state index is 0.512. The van der Waals surface area contributed by atoms with E-state index in [1.54, 1.807) is 0 Å². The van der Waals surface area contributed by atoms with Crippen LogP contribution in [0.4, 0.5) is 34.1 Å². The van der Waals surface area contributed by atoms with Crippen LogP contribution in [0.2, 0.25) is 0 Å². The zero-order valence-corrected chi connectivity index (χ0v) is 34.5. The van der Waals surface area contributed by atoms with Crippen LogP contribution in [0.5, 0.6) is 0 Å². The molecular weight excluding hydrogens is 761 g/mol. The Labute approximate surface area is 367 Å². The van der Waals surface area contributed by atoms with Gasteiger partial charge >= 0.3 is 0 Å². The van der Waals surface area contributed by atoms with Gasteiger partial charge in [0.25, 0.3) is 0 Å². The highest BCUT2D eigenvalue weighted by atomic mass is 15.2. The van der Waals surface area contributed by atoms with Crippen molar-refractivity contribution >= 4 is 66.4 Å². The summed E-state index contributed by atoms with van der Waals surface area (Å²) in [6, 6.07) is 89.8. The zero-order chi connectivity index (χ0) is 41.5. The molecule has 11 aromatic rings. The molecule has 0 amide bonds. The Hall–Kier alpha value is -8.20. The Bertz CT molecular complexity index is 3520. The SMILES string of the molecule is c1ccc(C2(c3ccccc3)c3ccccc3-c3ccc(N(c4ccc(N5c6cc7ccccc7cc6-c6cccc7cccc5c67)cc4)c4cccc5ccccc45)cc32)cc1. The van der Waals surface area contributed by atoms with Crippen molar-refractivity contribution in [2.24, 2.45) is 0 Å². The zero-order valence-electron chi connectivity index (χ0n) is 34.5. The summed E-state index contributed by atoms with van der Waals surface area (Å²) in [6.45, 7) is 0. The molecule has 11 aromatic carbocycles. The van der Waals surface area contributed by atoms with Gasteiger partial charge in [0.05, 0.1) is 22.5 Å². The number of hydrogen-bond acceptors (Lipinski definition) is 2. The van der Waals surface area contributed by atoms with Gasteiger partial charge < -0.3 is 9.80 Å². The van der Waals surface area contributed by atoms with Crippen LogP contribution in [0, 0.1) is 0 Å². The summed E-state index contributed by atoms with van der Waals surface area (Å²) in [5.74, 6) is 0. The van der Waals surface area contributed by atoms with Crippen LogP contribution in [-0.2, 0) is 5.41 Å². The predicted octanol–water partition coefficient (Wildman–Crippen LogP) is 16.4. The molecule has 0 saturated carbocycles. The van der Waals surface area contributed by atoms with Gasteiger partial charge in [-0.05, 0) is 121 Å². The molecule has 0 spiro atoms. The maximum Gasteiger partial charge on any atom is 0.0714 e. The summed E-state index contributed by atoms with van der Waals surface area (Å²) in [4.78, 5) is 4.92. The van der Waals surface area contributed by atoms with Crippen molar-refractivity contribution in [2.45, 2.75) is 5.41 Å². The van der Waals surface area contributed by atoms with Crippen molar-refractivity contribution < 1.29 is 0 Å². The second-order valence-corrected chi connectivity index (χ2v) is 16.8. The molecule has 0 radical (unpaired) electrons. The monoisotopic (exact) mass is 800 g/mol. The Morgan fingerprint density at radius 3 is 1.68 bits per heavy atom. The van der Waals surface area contributed by atoms with E-state index < -0.39 is 5.41 Å². The third-order valence-corrected chi connectivity index (χ3v) is 13.6. The van der Waals surface area contributed by atoms with Crippen LogP contribution in [0.1, 0.15) is 22.3 Å². The van der Waals surface area contributed by atoms with E-state index in [4.69, 9.17) is 0 Å². The van der Waals surface area contributed by atoms with Crippen molar-refractivity contribution in [3.05, 3.63) is 265 Å². The maximum atomic E-state index is 2.47. The Morgan fingerprint density at radius 1 is 0.333 bits per heavy atom. The lowest BCUT2D eigenvalue weighted by Crippen LogP contribution is -2.28. The van der Waals surface area contributed by atoms with Crippen molar-refractivity contribution in [3.8, 4) is 22.3 Å².